The first-order valence-corrected chi connectivity index (χ1v) is 12.1. The van der Waals surface area contributed by atoms with Gasteiger partial charge in [-0.15, -0.1) is 0 Å². The summed E-state index contributed by atoms with van der Waals surface area (Å²) in [4.78, 5) is 17.5. The molecule has 0 spiro atoms. The fraction of sp³-hybridized carbons (Fsp3) is 0.258. The van der Waals surface area contributed by atoms with Crippen molar-refractivity contribution in [2.24, 2.45) is 0 Å². The van der Waals surface area contributed by atoms with E-state index < -0.39 is 11.7 Å². The Labute approximate surface area is 218 Å². The summed E-state index contributed by atoms with van der Waals surface area (Å²) in [7, 11) is 1.81. The van der Waals surface area contributed by atoms with Gasteiger partial charge in [0.15, 0.2) is 0 Å². The molecule has 0 saturated carbocycles. The lowest BCUT2D eigenvalue weighted by Gasteiger charge is -2.34. The second-order valence-corrected chi connectivity index (χ2v) is 8.79. The number of rotatable bonds is 9. The molecular formula is C31H35F3N2O. The van der Waals surface area contributed by atoms with Gasteiger partial charge in [0.05, 0.1) is 16.8 Å². The van der Waals surface area contributed by atoms with E-state index in [0.29, 0.717) is 24.1 Å². The molecule has 0 heterocycles. The van der Waals surface area contributed by atoms with E-state index in [-0.39, 0.29) is 24.1 Å². The van der Waals surface area contributed by atoms with E-state index in [0.717, 1.165) is 17.7 Å². The van der Waals surface area contributed by atoms with Crippen LogP contribution in [0.4, 0.5) is 13.2 Å². The van der Waals surface area contributed by atoms with E-state index in [1.165, 1.54) is 12.1 Å². The van der Waals surface area contributed by atoms with Crippen LogP contribution in [0, 0.1) is 0 Å². The Balaban J connectivity index is 2.50. The first-order chi connectivity index (χ1) is 17.6. The lowest BCUT2D eigenvalue weighted by atomic mass is 9.99. The van der Waals surface area contributed by atoms with Crippen LogP contribution in [0.3, 0.4) is 0 Å². The molecule has 1 aliphatic carbocycles. The maximum atomic E-state index is 14.0. The second kappa shape index (κ2) is 14.1. The molecule has 1 amide bonds. The average molecular weight is 509 g/mol. The zero-order chi connectivity index (χ0) is 27.4. The van der Waals surface area contributed by atoms with Crippen LogP contribution in [0.5, 0.6) is 0 Å². The number of carbonyl (C=O) groups excluding carboxylic acids is 1. The molecule has 2 rings (SSSR count). The molecule has 1 atom stereocenters. The second-order valence-electron chi connectivity index (χ2n) is 8.79. The van der Waals surface area contributed by atoms with E-state index in [1.807, 2.05) is 69.5 Å². The largest absolute Gasteiger partial charge is 0.416 e. The van der Waals surface area contributed by atoms with Crippen molar-refractivity contribution in [3.63, 3.8) is 0 Å². The predicted octanol–water partition coefficient (Wildman–Crippen LogP) is 7.90. The topological polar surface area (TPSA) is 23.6 Å². The Bertz CT molecular complexity index is 1130. The third kappa shape index (κ3) is 8.98. The Hall–Kier alpha value is -3.80. The van der Waals surface area contributed by atoms with Gasteiger partial charge in [-0.25, -0.2) is 0 Å². The van der Waals surface area contributed by atoms with Gasteiger partial charge in [-0.05, 0) is 56.5 Å². The van der Waals surface area contributed by atoms with Crippen LogP contribution in [0.2, 0.25) is 0 Å². The molecule has 196 valence electrons. The standard InChI is InChI=1S/C31H35F3N2O/c1-6-8-16-29(35(5)21-9-7-2)25(4)30(37)36(28-15-13-11-10-12-14-24(3)22-28)23-26-17-19-27(20-18-26)31(32,33)34/h6-14,16-21,28H,2,4,15,22-23H2,1,3,5H3/b8-6-,12-10-,13-11+,21-9-,24-14+,29-16+. The number of allylic oxidation sites excluding steroid dienone is 9. The van der Waals surface area contributed by atoms with Crippen molar-refractivity contribution in [3.05, 3.63) is 132 Å². The minimum Gasteiger partial charge on any atom is -0.350 e. The molecule has 1 aromatic carbocycles. The first kappa shape index (κ1) is 29.4. The number of amides is 1. The van der Waals surface area contributed by atoms with Gasteiger partial charge in [0, 0.05) is 25.8 Å². The summed E-state index contributed by atoms with van der Waals surface area (Å²) in [6, 6.07) is 4.75. The predicted molar refractivity (Wildman–Crippen MR) is 146 cm³/mol. The molecule has 1 aromatic rings. The highest BCUT2D eigenvalue weighted by atomic mass is 19.4. The lowest BCUT2D eigenvalue weighted by Crippen LogP contribution is -2.41. The molecule has 0 N–H and O–H groups in total. The average Bonchev–Trinajstić information content (AvgIpc) is 2.97. The Morgan fingerprint density at radius 3 is 2.46 bits per heavy atom. The van der Waals surface area contributed by atoms with Gasteiger partial charge in [0.1, 0.15) is 0 Å². The normalized spacial score (nSPS) is 19.9. The molecule has 0 bridgehead atoms. The van der Waals surface area contributed by atoms with Gasteiger partial charge in [0.2, 0.25) is 0 Å². The molecule has 1 aliphatic rings. The zero-order valence-electron chi connectivity index (χ0n) is 21.7. The fourth-order valence-corrected chi connectivity index (χ4v) is 3.89. The molecule has 0 saturated heterocycles. The van der Waals surface area contributed by atoms with Gasteiger partial charge in [-0.1, -0.05) is 79.5 Å². The number of hydrogen-bond donors (Lipinski definition) is 0. The van der Waals surface area contributed by atoms with Crippen molar-refractivity contribution in [1.82, 2.24) is 9.80 Å². The number of benzene rings is 1. The number of alkyl halides is 3. The maximum absolute atomic E-state index is 14.0. The summed E-state index contributed by atoms with van der Waals surface area (Å²) in [6.07, 6.45) is 17.3. The van der Waals surface area contributed by atoms with E-state index in [9.17, 15) is 18.0 Å². The smallest absolute Gasteiger partial charge is 0.350 e. The van der Waals surface area contributed by atoms with Crippen LogP contribution in [0.1, 0.15) is 37.8 Å². The van der Waals surface area contributed by atoms with Crippen LogP contribution in [-0.4, -0.2) is 28.8 Å². The van der Waals surface area contributed by atoms with Crippen LogP contribution < -0.4 is 0 Å². The van der Waals surface area contributed by atoms with Crippen molar-refractivity contribution in [2.75, 3.05) is 7.05 Å². The molecule has 0 fully saturated rings. The number of halogens is 3. The van der Waals surface area contributed by atoms with Crippen LogP contribution in [0.15, 0.2) is 121 Å². The number of nitrogens with zero attached hydrogens (tertiary/aromatic N) is 2. The van der Waals surface area contributed by atoms with Gasteiger partial charge < -0.3 is 9.80 Å². The minimum atomic E-state index is -4.42. The highest BCUT2D eigenvalue weighted by Crippen LogP contribution is 2.30. The lowest BCUT2D eigenvalue weighted by molar-refractivity contribution is -0.137. The third-order valence-electron chi connectivity index (χ3n) is 5.88. The molecule has 3 nitrogen and oxygen atoms in total. The van der Waals surface area contributed by atoms with Gasteiger partial charge >= 0.3 is 6.18 Å². The summed E-state index contributed by atoms with van der Waals surface area (Å²) in [5.74, 6) is -0.284. The first-order valence-electron chi connectivity index (χ1n) is 12.1. The summed E-state index contributed by atoms with van der Waals surface area (Å²) >= 11 is 0. The van der Waals surface area contributed by atoms with Gasteiger partial charge in [-0.2, -0.15) is 13.2 Å². The fourth-order valence-electron chi connectivity index (χ4n) is 3.89. The number of carbonyl (C=O) groups is 1. The van der Waals surface area contributed by atoms with Crippen LogP contribution in [-0.2, 0) is 17.5 Å². The minimum absolute atomic E-state index is 0.151. The molecule has 0 aromatic heterocycles. The van der Waals surface area contributed by atoms with E-state index in [4.69, 9.17) is 0 Å². The third-order valence-corrected chi connectivity index (χ3v) is 5.88. The maximum Gasteiger partial charge on any atom is 0.416 e. The number of likely N-dealkylation sites (N-methyl/N-ethyl adjacent to an activating group) is 1. The van der Waals surface area contributed by atoms with Crippen LogP contribution in [0.25, 0.3) is 0 Å². The molecule has 1 unspecified atom stereocenters. The van der Waals surface area contributed by atoms with Crippen molar-refractivity contribution < 1.29 is 18.0 Å². The van der Waals surface area contributed by atoms with Crippen molar-refractivity contribution in [3.8, 4) is 0 Å². The van der Waals surface area contributed by atoms with E-state index in [2.05, 4.69) is 13.2 Å². The van der Waals surface area contributed by atoms with Crippen LogP contribution >= 0.6 is 0 Å². The Morgan fingerprint density at radius 1 is 1.14 bits per heavy atom. The Kier molecular flexibility index (Phi) is 11.2. The van der Waals surface area contributed by atoms with Crippen molar-refractivity contribution in [1.29, 1.82) is 0 Å². The zero-order valence-corrected chi connectivity index (χ0v) is 21.7. The Morgan fingerprint density at radius 2 is 1.84 bits per heavy atom. The quantitative estimate of drug-likeness (QED) is 0.250. The molecule has 37 heavy (non-hydrogen) atoms. The highest BCUT2D eigenvalue weighted by molar-refractivity contribution is 5.97. The van der Waals surface area contributed by atoms with Crippen molar-refractivity contribution >= 4 is 5.91 Å². The number of hydrogen-bond acceptors (Lipinski definition) is 2. The molecule has 0 aliphatic heterocycles. The van der Waals surface area contributed by atoms with E-state index in [1.54, 1.807) is 28.2 Å². The highest BCUT2D eigenvalue weighted by Gasteiger charge is 2.31. The summed E-state index contributed by atoms with van der Waals surface area (Å²) in [6.45, 7) is 11.9. The van der Waals surface area contributed by atoms with E-state index >= 15 is 0 Å². The monoisotopic (exact) mass is 508 g/mol. The SMILES string of the molecule is C=C/C=C\N(C)/C(=C/C=C\C)C(=C)C(=O)N(Cc1ccc(C(F)(F)F)cc1)C1C/C=C/C=C\C=C(/C)C1. The molecule has 0 radical (unpaired) electrons. The van der Waals surface area contributed by atoms with Crippen molar-refractivity contribution in [2.45, 2.75) is 45.5 Å². The van der Waals surface area contributed by atoms with Gasteiger partial charge in [-0.3, -0.25) is 4.79 Å². The van der Waals surface area contributed by atoms with Gasteiger partial charge in [0.25, 0.3) is 5.91 Å². The molecule has 6 heteroatoms. The molecular weight excluding hydrogens is 473 g/mol. The summed E-state index contributed by atoms with van der Waals surface area (Å²) in [5, 5.41) is 0. The summed E-state index contributed by atoms with van der Waals surface area (Å²) < 4.78 is 39.3. The summed E-state index contributed by atoms with van der Waals surface area (Å²) in [5.41, 5.74) is 1.87.